The highest BCUT2D eigenvalue weighted by molar-refractivity contribution is 5.77. The summed E-state index contributed by atoms with van der Waals surface area (Å²) in [6.07, 6.45) is 0.0106. The number of hydrogen-bond donors (Lipinski definition) is 1. The highest BCUT2D eigenvalue weighted by Gasteiger charge is 2.52. The lowest BCUT2D eigenvalue weighted by Gasteiger charge is -2.26. The molecule has 0 aromatic heterocycles. The summed E-state index contributed by atoms with van der Waals surface area (Å²) in [6.45, 7) is 0.346. The Balaban J connectivity index is 2.83. The molecule has 2 unspecified atom stereocenters. The molecule has 0 aliphatic carbocycles. The molecule has 0 radical (unpaired) electrons. The van der Waals surface area contributed by atoms with Gasteiger partial charge >= 0.3 is 5.97 Å². The van der Waals surface area contributed by atoms with Crippen molar-refractivity contribution in [1.82, 2.24) is 0 Å². The van der Waals surface area contributed by atoms with Crippen LogP contribution in [0.5, 0.6) is 0 Å². The lowest BCUT2D eigenvalue weighted by molar-refractivity contribution is -0.243. The molecule has 5 nitrogen and oxygen atoms in total. The average molecular weight is 176 g/mol. The van der Waals surface area contributed by atoms with Crippen LogP contribution in [0.4, 0.5) is 0 Å². The quantitative estimate of drug-likeness (QED) is 0.647. The average Bonchev–Trinajstić information content (AvgIpc) is 2.47. The number of hydrogen-bond acceptors (Lipinski definition) is 4. The van der Waals surface area contributed by atoms with Crippen molar-refractivity contribution in [3.8, 4) is 0 Å². The number of ether oxygens (including phenoxy) is 3. The van der Waals surface area contributed by atoms with Crippen molar-refractivity contribution < 1.29 is 24.1 Å². The Kier molecular flexibility index (Phi) is 2.66. The molecule has 12 heavy (non-hydrogen) atoms. The predicted octanol–water partition coefficient (Wildman–Crippen LogP) is -0.151. The van der Waals surface area contributed by atoms with Crippen LogP contribution in [0.1, 0.15) is 6.42 Å². The van der Waals surface area contributed by atoms with Crippen LogP contribution in [0.15, 0.2) is 0 Å². The number of carboxylic acid groups (broad SMARTS) is 1. The van der Waals surface area contributed by atoms with Crippen LogP contribution in [0.2, 0.25) is 0 Å². The maximum absolute atomic E-state index is 10.8. The first-order chi connectivity index (χ1) is 5.67. The summed E-state index contributed by atoms with van der Waals surface area (Å²) in [6, 6.07) is 0. The standard InChI is InChI=1S/C7H12O5/c1-10-5-3-4-12-7(5,11-2)6(8)9/h5H,3-4H2,1-2H3,(H,8,9). The topological polar surface area (TPSA) is 65.0 Å². The van der Waals surface area contributed by atoms with Crippen molar-refractivity contribution in [2.24, 2.45) is 0 Å². The van der Waals surface area contributed by atoms with Gasteiger partial charge in [-0.1, -0.05) is 0 Å². The maximum atomic E-state index is 10.8. The monoisotopic (exact) mass is 176 g/mol. The van der Waals surface area contributed by atoms with Crippen molar-refractivity contribution in [2.45, 2.75) is 18.3 Å². The SMILES string of the molecule is COC1CCOC1(OC)C(=O)O. The van der Waals surface area contributed by atoms with E-state index < -0.39 is 17.9 Å². The smallest absolute Gasteiger partial charge is 0.367 e. The van der Waals surface area contributed by atoms with Crippen LogP contribution < -0.4 is 0 Å². The minimum Gasteiger partial charge on any atom is -0.477 e. The predicted molar refractivity (Wildman–Crippen MR) is 38.7 cm³/mol. The zero-order valence-electron chi connectivity index (χ0n) is 7.07. The van der Waals surface area contributed by atoms with Crippen molar-refractivity contribution in [3.05, 3.63) is 0 Å². The summed E-state index contributed by atoms with van der Waals surface area (Å²) in [5.41, 5.74) is 0. The van der Waals surface area contributed by atoms with Gasteiger partial charge in [0.15, 0.2) is 0 Å². The molecule has 1 aliphatic heterocycles. The van der Waals surface area contributed by atoms with Crippen molar-refractivity contribution >= 4 is 5.97 Å². The van der Waals surface area contributed by atoms with Gasteiger partial charge in [0.25, 0.3) is 5.79 Å². The fourth-order valence-electron chi connectivity index (χ4n) is 1.35. The first-order valence-electron chi connectivity index (χ1n) is 3.62. The van der Waals surface area contributed by atoms with Gasteiger partial charge in [0.05, 0.1) is 6.61 Å². The van der Waals surface area contributed by atoms with E-state index in [1.54, 1.807) is 0 Å². The van der Waals surface area contributed by atoms with E-state index in [0.717, 1.165) is 0 Å². The molecule has 1 N–H and O–H groups in total. The lowest BCUT2D eigenvalue weighted by Crippen LogP contribution is -2.49. The zero-order chi connectivity index (χ0) is 9.19. The molecule has 1 heterocycles. The molecule has 0 aromatic rings. The second-order valence-corrected chi connectivity index (χ2v) is 2.54. The molecule has 0 saturated carbocycles. The van der Waals surface area contributed by atoms with Gasteiger partial charge in [-0.25, -0.2) is 4.79 Å². The van der Waals surface area contributed by atoms with Gasteiger partial charge in [0.2, 0.25) is 0 Å². The first-order valence-corrected chi connectivity index (χ1v) is 3.62. The van der Waals surface area contributed by atoms with E-state index >= 15 is 0 Å². The Bertz CT molecular complexity index is 181. The Morgan fingerprint density at radius 1 is 1.67 bits per heavy atom. The highest BCUT2D eigenvalue weighted by atomic mass is 16.7. The molecule has 1 fully saturated rings. The van der Waals surface area contributed by atoms with E-state index in [1.807, 2.05) is 0 Å². The number of carboxylic acids is 1. The van der Waals surface area contributed by atoms with E-state index in [0.29, 0.717) is 13.0 Å². The van der Waals surface area contributed by atoms with Crippen LogP contribution in [0.25, 0.3) is 0 Å². The van der Waals surface area contributed by atoms with E-state index in [1.165, 1.54) is 14.2 Å². The molecule has 2 atom stereocenters. The van der Waals surface area contributed by atoms with Crippen LogP contribution >= 0.6 is 0 Å². The molecule has 0 spiro atoms. The van der Waals surface area contributed by atoms with E-state index in [2.05, 4.69) is 0 Å². The van der Waals surface area contributed by atoms with E-state index in [9.17, 15) is 4.79 Å². The Hall–Kier alpha value is -0.650. The fraction of sp³-hybridized carbons (Fsp3) is 0.857. The number of methoxy groups -OCH3 is 2. The van der Waals surface area contributed by atoms with Gasteiger partial charge in [-0.3, -0.25) is 0 Å². The summed E-state index contributed by atoms with van der Waals surface area (Å²) in [5.74, 6) is -2.75. The van der Waals surface area contributed by atoms with Crippen LogP contribution in [-0.4, -0.2) is 43.8 Å². The Labute approximate surface area is 70.2 Å². The largest absolute Gasteiger partial charge is 0.477 e. The molecule has 1 rings (SSSR count). The van der Waals surface area contributed by atoms with Crippen molar-refractivity contribution in [3.63, 3.8) is 0 Å². The van der Waals surface area contributed by atoms with Crippen LogP contribution in [0.3, 0.4) is 0 Å². The summed E-state index contributed by atoms with van der Waals surface area (Å²) in [7, 11) is 2.74. The molecule has 0 amide bonds. The highest BCUT2D eigenvalue weighted by Crippen LogP contribution is 2.29. The first kappa shape index (κ1) is 9.44. The molecular weight excluding hydrogens is 164 g/mol. The summed E-state index contributed by atoms with van der Waals surface area (Å²) in [5, 5.41) is 8.84. The minimum absolute atomic E-state index is 0.346. The molecule has 70 valence electrons. The Morgan fingerprint density at radius 3 is 2.67 bits per heavy atom. The second kappa shape index (κ2) is 3.38. The van der Waals surface area contributed by atoms with Gasteiger partial charge in [0, 0.05) is 20.6 Å². The number of aliphatic carboxylic acids is 1. The van der Waals surface area contributed by atoms with Gasteiger partial charge in [-0.15, -0.1) is 0 Å². The molecular formula is C7H12O5. The van der Waals surface area contributed by atoms with Crippen LogP contribution in [-0.2, 0) is 19.0 Å². The third-order valence-electron chi connectivity index (χ3n) is 2.01. The van der Waals surface area contributed by atoms with E-state index in [4.69, 9.17) is 19.3 Å². The van der Waals surface area contributed by atoms with Gasteiger partial charge in [-0.2, -0.15) is 0 Å². The van der Waals surface area contributed by atoms with Gasteiger partial charge in [-0.05, 0) is 0 Å². The molecule has 1 aliphatic rings. The second-order valence-electron chi connectivity index (χ2n) is 2.54. The lowest BCUT2D eigenvalue weighted by atomic mass is 10.1. The van der Waals surface area contributed by atoms with Crippen LogP contribution in [0, 0.1) is 0 Å². The fourth-order valence-corrected chi connectivity index (χ4v) is 1.35. The molecule has 0 aromatic carbocycles. The van der Waals surface area contributed by atoms with Gasteiger partial charge in [0.1, 0.15) is 6.10 Å². The summed E-state index contributed by atoms with van der Waals surface area (Å²) in [4.78, 5) is 10.8. The van der Waals surface area contributed by atoms with E-state index in [-0.39, 0.29) is 0 Å². The zero-order valence-corrected chi connectivity index (χ0v) is 7.07. The third-order valence-corrected chi connectivity index (χ3v) is 2.01. The third kappa shape index (κ3) is 1.20. The van der Waals surface area contributed by atoms with Crippen molar-refractivity contribution in [2.75, 3.05) is 20.8 Å². The maximum Gasteiger partial charge on any atom is 0.367 e. The molecule has 1 saturated heterocycles. The molecule has 5 heteroatoms. The van der Waals surface area contributed by atoms with Gasteiger partial charge < -0.3 is 19.3 Å². The summed E-state index contributed by atoms with van der Waals surface area (Å²) < 4.78 is 14.8. The minimum atomic E-state index is -1.60. The van der Waals surface area contributed by atoms with Crippen molar-refractivity contribution in [1.29, 1.82) is 0 Å². The Morgan fingerprint density at radius 2 is 2.33 bits per heavy atom. The number of rotatable bonds is 3. The number of carbonyl (C=O) groups is 1. The molecule has 0 bridgehead atoms. The summed E-state index contributed by atoms with van der Waals surface area (Å²) >= 11 is 0. The normalized spacial score (nSPS) is 35.3.